The van der Waals surface area contributed by atoms with E-state index in [4.69, 9.17) is 0 Å². The Morgan fingerprint density at radius 3 is 2.62 bits per heavy atom. The normalized spacial score (nSPS) is 11.3. The van der Waals surface area contributed by atoms with Gasteiger partial charge in [-0.25, -0.2) is 4.68 Å². The molecule has 2 heterocycles. The molecule has 1 N–H and O–H groups in total. The summed E-state index contributed by atoms with van der Waals surface area (Å²) in [5, 5.41) is 6.95. The quantitative estimate of drug-likeness (QED) is 0.760. The molecule has 134 valence electrons. The Hall–Kier alpha value is -3.16. The van der Waals surface area contributed by atoms with E-state index >= 15 is 0 Å². The van der Waals surface area contributed by atoms with Gasteiger partial charge in [0.15, 0.2) is 0 Å². The number of rotatable bonds is 5. The van der Waals surface area contributed by atoms with Gasteiger partial charge in [0.1, 0.15) is 5.69 Å². The van der Waals surface area contributed by atoms with Gasteiger partial charge >= 0.3 is 6.18 Å². The number of carbonyl (C=O) groups is 1. The van der Waals surface area contributed by atoms with E-state index < -0.39 is 17.6 Å². The molecule has 0 radical (unpaired) electrons. The van der Waals surface area contributed by atoms with Gasteiger partial charge in [0, 0.05) is 25.4 Å². The van der Waals surface area contributed by atoms with Crippen molar-refractivity contribution >= 4 is 5.91 Å². The number of aromatic nitrogens is 3. The van der Waals surface area contributed by atoms with E-state index in [9.17, 15) is 18.0 Å². The third-order valence-corrected chi connectivity index (χ3v) is 3.65. The second-order valence-electron chi connectivity index (χ2n) is 5.52. The van der Waals surface area contributed by atoms with E-state index in [2.05, 4.69) is 15.4 Å². The number of hydrogen-bond donors (Lipinski definition) is 1. The first-order valence-corrected chi connectivity index (χ1v) is 7.85. The molecule has 1 amide bonds. The Labute approximate surface area is 147 Å². The molecule has 26 heavy (non-hydrogen) atoms. The van der Waals surface area contributed by atoms with E-state index in [0.29, 0.717) is 6.42 Å². The molecular formula is C18H15F3N4O. The highest BCUT2D eigenvalue weighted by Crippen LogP contribution is 2.28. The summed E-state index contributed by atoms with van der Waals surface area (Å²) in [6.07, 6.45) is -1.28. The first-order valence-electron chi connectivity index (χ1n) is 7.85. The number of carbonyl (C=O) groups excluding carboxylic acids is 1. The minimum atomic E-state index is -4.51. The Morgan fingerprint density at radius 1 is 1.12 bits per heavy atom. The standard InChI is InChI=1S/C18H15F3N4O/c19-18(20,21)13-6-9-22-16(12-13)17(26)23-10-7-14-8-11-25(24-14)15-4-2-1-3-5-15/h1-6,8-9,11-12H,7,10H2,(H,23,26). The van der Waals surface area contributed by atoms with E-state index in [1.165, 1.54) is 0 Å². The first-order chi connectivity index (χ1) is 12.4. The largest absolute Gasteiger partial charge is 0.416 e. The van der Waals surface area contributed by atoms with Gasteiger partial charge in [-0.2, -0.15) is 18.3 Å². The van der Waals surface area contributed by atoms with Crippen molar-refractivity contribution in [1.29, 1.82) is 0 Å². The lowest BCUT2D eigenvalue weighted by molar-refractivity contribution is -0.137. The number of alkyl halides is 3. The third-order valence-electron chi connectivity index (χ3n) is 3.65. The molecule has 0 saturated carbocycles. The van der Waals surface area contributed by atoms with Crippen LogP contribution < -0.4 is 5.32 Å². The zero-order chi connectivity index (χ0) is 18.6. The second-order valence-corrected chi connectivity index (χ2v) is 5.52. The van der Waals surface area contributed by atoms with Crippen LogP contribution in [0.5, 0.6) is 0 Å². The van der Waals surface area contributed by atoms with Crippen molar-refractivity contribution < 1.29 is 18.0 Å². The molecule has 1 aromatic carbocycles. The summed E-state index contributed by atoms with van der Waals surface area (Å²) in [6, 6.07) is 12.9. The van der Waals surface area contributed by atoms with Gasteiger partial charge in [-0.15, -0.1) is 0 Å². The minimum Gasteiger partial charge on any atom is -0.350 e. The van der Waals surface area contributed by atoms with Gasteiger partial charge in [-0.1, -0.05) is 18.2 Å². The maximum absolute atomic E-state index is 12.7. The van der Waals surface area contributed by atoms with E-state index in [1.54, 1.807) is 10.9 Å². The smallest absolute Gasteiger partial charge is 0.350 e. The molecule has 0 aliphatic carbocycles. The summed E-state index contributed by atoms with van der Waals surface area (Å²) in [5.74, 6) is -0.654. The molecule has 0 aliphatic heterocycles. The lowest BCUT2D eigenvalue weighted by atomic mass is 10.2. The number of amides is 1. The molecule has 0 fully saturated rings. The van der Waals surface area contributed by atoms with Gasteiger partial charge in [0.05, 0.1) is 16.9 Å². The monoisotopic (exact) mass is 360 g/mol. The van der Waals surface area contributed by atoms with Gasteiger partial charge in [-0.3, -0.25) is 9.78 Å². The maximum atomic E-state index is 12.7. The molecule has 0 aliphatic rings. The van der Waals surface area contributed by atoms with Crippen LogP contribution in [0.4, 0.5) is 13.2 Å². The lowest BCUT2D eigenvalue weighted by Gasteiger charge is -2.08. The summed E-state index contributed by atoms with van der Waals surface area (Å²) in [5.41, 5.74) is 0.496. The van der Waals surface area contributed by atoms with Crippen molar-refractivity contribution in [1.82, 2.24) is 20.1 Å². The van der Waals surface area contributed by atoms with Gasteiger partial charge in [-0.05, 0) is 30.3 Å². The Balaban J connectivity index is 1.57. The van der Waals surface area contributed by atoms with Crippen LogP contribution in [0.3, 0.4) is 0 Å². The molecule has 0 saturated heterocycles. The predicted octanol–water partition coefficient (Wildman–Crippen LogP) is 3.26. The van der Waals surface area contributed by atoms with Crippen LogP contribution >= 0.6 is 0 Å². The molecule has 3 aromatic rings. The number of benzene rings is 1. The van der Waals surface area contributed by atoms with Crippen molar-refractivity contribution in [2.75, 3.05) is 6.54 Å². The fourth-order valence-electron chi connectivity index (χ4n) is 2.35. The summed E-state index contributed by atoms with van der Waals surface area (Å²) in [6.45, 7) is 0.239. The maximum Gasteiger partial charge on any atom is 0.416 e. The molecule has 0 spiro atoms. The molecule has 2 aromatic heterocycles. The number of nitrogens with one attached hydrogen (secondary N) is 1. The van der Waals surface area contributed by atoms with E-state index in [-0.39, 0.29) is 12.2 Å². The fraction of sp³-hybridized carbons (Fsp3) is 0.167. The molecule has 8 heteroatoms. The van der Waals surface area contributed by atoms with Crippen molar-refractivity contribution in [3.8, 4) is 5.69 Å². The SMILES string of the molecule is O=C(NCCc1ccn(-c2ccccc2)n1)c1cc(C(F)(F)F)ccn1. The van der Waals surface area contributed by atoms with Crippen LogP contribution in [0, 0.1) is 0 Å². The zero-order valence-electron chi connectivity index (χ0n) is 13.6. The topological polar surface area (TPSA) is 59.8 Å². The number of halogens is 3. The van der Waals surface area contributed by atoms with Gasteiger partial charge in [0.25, 0.3) is 5.91 Å². The molecule has 0 atom stereocenters. The highest BCUT2D eigenvalue weighted by atomic mass is 19.4. The highest BCUT2D eigenvalue weighted by Gasteiger charge is 2.31. The summed E-state index contributed by atoms with van der Waals surface area (Å²) in [7, 11) is 0. The van der Waals surface area contributed by atoms with Crippen LogP contribution in [0.2, 0.25) is 0 Å². The highest BCUT2D eigenvalue weighted by molar-refractivity contribution is 5.92. The van der Waals surface area contributed by atoms with Crippen LogP contribution in [-0.4, -0.2) is 27.2 Å². The van der Waals surface area contributed by atoms with Crippen molar-refractivity contribution in [2.45, 2.75) is 12.6 Å². The molecular weight excluding hydrogens is 345 g/mol. The number of para-hydroxylation sites is 1. The van der Waals surface area contributed by atoms with Crippen molar-refractivity contribution in [2.24, 2.45) is 0 Å². The van der Waals surface area contributed by atoms with Crippen molar-refractivity contribution in [3.05, 3.63) is 77.9 Å². The number of hydrogen-bond acceptors (Lipinski definition) is 3. The van der Waals surface area contributed by atoms with Crippen LogP contribution in [-0.2, 0) is 12.6 Å². The average Bonchev–Trinajstić information content (AvgIpc) is 3.11. The Kier molecular flexibility index (Phi) is 5.01. The van der Waals surface area contributed by atoms with E-state index in [0.717, 1.165) is 29.7 Å². The molecule has 0 unspecified atom stereocenters. The van der Waals surface area contributed by atoms with Crippen LogP contribution in [0.1, 0.15) is 21.7 Å². The number of nitrogens with zero attached hydrogens (tertiary/aromatic N) is 3. The summed E-state index contributed by atoms with van der Waals surface area (Å²) >= 11 is 0. The van der Waals surface area contributed by atoms with E-state index in [1.807, 2.05) is 36.4 Å². The zero-order valence-corrected chi connectivity index (χ0v) is 13.6. The first kappa shape index (κ1) is 17.7. The molecule has 3 rings (SSSR count). The number of pyridine rings is 1. The third kappa shape index (κ3) is 4.27. The predicted molar refractivity (Wildman–Crippen MR) is 88.8 cm³/mol. The van der Waals surface area contributed by atoms with Crippen LogP contribution in [0.15, 0.2) is 60.9 Å². The Bertz CT molecular complexity index is 891. The summed E-state index contributed by atoms with van der Waals surface area (Å²) in [4.78, 5) is 15.7. The Morgan fingerprint density at radius 2 is 1.88 bits per heavy atom. The molecule has 5 nitrogen and oxygen atoms in total. The fourth-order valence-corrected chi connectivity index (χ4v) is 2.35. The van der Waals surface area contributed by atoms with Gasteiger partial charge < -0.3 is 5.32 Å². The van der Waals surface area contributed by atoms with Gasteiger partial charge in [0.2, 0.25) is 0 Å². The van der Waals surface area contributed by atoms with Crippen LogP contribution in [0.25, 0.3) is 5.69 Å². The van der Waals surface area contributed by atoms with Crippen molar-refractivity contribution in [3.63, 3.8) is 0 Å². The second kappa shape index (κ2) is 7.38. The summed E-state index contributed by atoms with van der Waals surface area (Å²) < 4.78 is 39.7. The minimum absolute atomic E-state index is 0.239. The molecule has 0 bridgehead atoms. The average molecular weight is 360 g/mol. The lowest BCUT2D eigenvalue weighted by Crippen LogP contribution is -2.27.